The molecule has 3 fully saturated rings. The lowest BCUT2D eigenvalue weighted by Gasteiger charge is -2.42. The Kier molecular flexibility index (Phi) is 6.80. The third-order valence-corrected chi connectivity index (χ3v) is 7.01. The molecule has 0 bridgehead atoms. The average molecular weight is 399 g/mol. The highest BCUT2D eigenvalue weighted by Gasteiger charge is 2.34. The third-order valence-electron chi connectivity index (χ3n) is 7.01. The van der Waals surface area contributed by atoms with E-state index in [1.807, 2.05) is 12.1 Å². The molecule has 1 aliphatic carbocycles. The van der Waals surface area contributed by atoms with Crippen molar-refractivity contribution in [2.45, 2.75) is 64.0 Å². The molecule has 1 saturated carbocycles. The quantitative estimate of drug-likeness (QED) is 0.828. The number of hydrogen-bond acceptors (Lipinski definition) is 4. The predicted octanol–water partition coefficient (Wildman–Crippen LogP) is 2.59. The van der Waals surface area contributed by atoms with Crippen molar-refractivity contribution in [1.82, 2.24) is 20.1 Å². The fourth-order valence-electron chi connectivity index (χ4n) is 5.27. The number of nitrogens with zero attached hydrogens (tertiary/aromatic N) is 3. The highest BCUT2D eigenvalue weighted by molar-refractivity contribution is 5.79. The summed E-state index contributed by atoms with van der Waals surface area (Å²) in [5.74, 6) is 0.910. The van der Waals surface area contributed by atoms with Gasteiger partial charge in [-0.15, -0.1) is 0 Å². The van der Waals surface area contributed by atoms with Crippen molar-refractivity contribution in [2.24, 2.45) is 11.8 Å². The minimum Gasteiger partial charge on any atom is -0.352 e. The second-order valence-corrected chi connectivity index (χ2v) is 8.95. The van der Waals surface area contributed by atoms with Crippen LogP contribution in [0.4, 0.5) is 0 Å². The first-order chi connectivity index (χ1) is 14.2. The lowest BCUT2D eigenvalue weighted by Crippen LogP contribution is -2.52. The van der Waals surface area contributed by atoms with Gasteiger partial charge in [0.1, 0.15) is 0 Å². The van der Waals surface area contributed by atoms with E-state index in [-0.39, 0.29) is 17.7 Å². The van der Waals surface area contributed by atoms with Gasteiger partial charge in [-0.2, -0.15) is 0 Å². The molecule has 1 N–H and O–H groups in total. The Bertz CT molecular complexity index is 681. The summed E-state index contributed by atoms with van der Waals surface area (Å²) in [7, 11) is 0. The van der Waals surface area contributed by atoms with Gasteiger partial charge in [0.05, 0.1) is 5.92 Å². The van der Waals surface area contributed by atoms with E-state index < -0.39 is 0 Å². The summed E-state index contributed by atoms with van der Waals surface area (Å²) in [5, 5.41) is 3.09. The summed E-state index contributed by atoms with van der Waals surface area (Å²) in [4.78, 5) is 34.1. The molecule has 0 spiro atoms. The van der Waals surface area contributed by atoms with Crippen molar-refractivity contribution in [3.8, 4) is 0 Å². The number of amides is 2. The zero-order valence-corrected chi connectivity index (χ0v) is 17.4. The van der Waals surface area contributed by atoms with Crippen LogP contribution >= 0.6 is 0 Å². The zero-order valence-electron chi connectivity index (χ0n) is 17.4. The average Bonchev–Trinajstić information content (AvgIpc) is 3.33. The number of carbonyl (C=O) groups is 2. The number of likely N-dealkylation sites (tertiary alicyclic amines) is 2. The van der Waals surface area contributed by atoms with Crippen LogP contribution in [-0.4, -0.2) is 58.8 Å². The number of carbonyl (C=O) groups excluding carboxylic acids is 2. The molecule has 0 aromatic carbocycles. The van der Waals surface area contributed by atoms with E-state index in [0.29, 0.717) is 18.5 Å². The molecule has 2 amide bonds. The predicted molar refractivity (Wildman–Crippen MR) is 112 cm³/mol. The van der Waals surface area contributed by atoms with E-state index >= 15 is 0 Å². The summed E-state index contributed by atoms with van der Waals surface area (Å²) in [6, 6.07) is 4.39. The first-order valence-corrected chi connectivity index (χ1v) is 11.4. The Hall–Kier alpha value is -1.95. The molecule has 3 aliphatic rings. The van der Waals surface area contributed by atoms with Crippen molar-refractivity contribution in [1.29, 1.82) is 0 Å². The molecular formula is C23H34N4O2. The van der Waals surface area contributed by atoms with Crippen LogP contribution in [-0.2, 0) is 16.1 Å². The smallest absolute Gasteiger partial charge is 0.225 e. The molecule has 6 nitrogen and oxygen atoms in total. The Morgan fingerprint density at radius 3 is 2.48 bits per heavy atom. The summed E-state index contributed by atoms with van der Waals surface area (Å²) in [5.41, 5.74) is 1.04. The van der Waals surface area contributed by atoms with Crippen molar-refractivity contribution in [3.63, 3.8) is 0 Å². The third kappa shape index (κ3) is 5.16. The Balaban J connectivity index is 1.23. The molecule has 0 unspecified atom stereocenters. The first-order valence-electron chi connectivity index (χ1n) is 11.4. The number of aromatic nitrogens is 1. The van der Waals surface area contributed by atoms with Crippen molar-refractivity contribution < 1.29 is 9.59 Å². The first kappa shape index (κ1) is 20.3. The summed E-state index contributed by atoms with van der Waals surface area (Å²) < 4.78 is 0. The largest absolute Gasteiger partial charge is 0.352 e. The topological polar surface area (TPSA) is 65.5 Å². The number of rotatable bonds is 5. The van der Waals surface area contributed by atoms with Crippen molar-refractivity contribution in [2.75, 3.05) is 26.2 Å². The summed E-state index contributed by atoms with van der Waals surface area (Å²) in [6.07, 6.45) is 12.3. The van der Waals surface area contributed by atoms with Crippen LogP contribution in [0.1, 0.15) is 56.9 Å². The molecule has 2 aliphatic heterocycles. The number of pyridine rings is 1. The lowest BCUT2D eigenvalue weighted by atomic mass is 9.93. The molecular weight excluding hydrogens is 364 g/mol. The van der Waals surface area contributed by atoms with E-state index in [4.69, 9.17) is 0 Å². The van der Waals surface area contributed by atoms with Gasteiger partial charge in [0, 0.05) is 50.5 Å². The number of hydrogen-bond donors (Lipinski definition) is 1. The van der Waals surface area contributed by atoms with Crippen LogP contribution in [0.3, 0.4) is 0 Å². The molecule has 6 heteroatoms. The molecule has 3 heterocycles. The van der Waals surface area contributed by atoms with Crippen LogP contribution in [0, 0.1) is 11.8 Å². The zero-order chi connectivity index (χ0) is 20.1. The van der Waals surface area contributed by atoms with E-state index in [2.05, 4.69) is 20.1 Å². The molecule has 29 heavy (non-hydrogen) atoms. The van der Waals surface area contributed by atoms with E-state index in [1.165, 1.54) is 12.8 Å². The van der Waals surface area contributed by atoms with Gasteiger partial charge in [0.2, 0.25) is 11.8 Å². The Labute approximate surface area is 174 Å². The fourth-order valence-corrected chi connectivity index (χ4v) is 5.27. The van der Waals surface area contributed by atoms with Crippen LogP contribution in [0.15, 0.2) is 24.5 Å². The fraction of sp³-hybridized carbons (Fsp3) is 0.696. The second kappa shape index (κ2) is 9.70. The van der Waals surface area contributed by atoms with Crippen LogP contribution in [0.2, 0.25) is 0 Å². The van der Waals surface area contributed by atoms with Crippen LogP contribution < -0.4 is 5.32 Å². The van der Waals surface area contributed by atoms with E-state index in [1.54, 1.807) is 12.4 Å². The second-order valence-electron chi connectivity index (χ2n) is 8.95. The Morgan fingerprint density at radius 2 is 1.76 bits per heavy atom. The molecule has 2 saturated heterocycles. The molecule has 0 radical (unpaired) electrons. The highest BCUT2D eigenvalue weighted by atomic mass is 16.2. The minimum atomic E-state index is 0.0681. The molecule has 1 atom stereocenters. The van der Waals surface area contributed by atoms with Gasteiger partial charge in [-0.25, -0.2) is 0 Å². The van der Waals surface area contributed by atoms with Crippen LogP contribution in [0.5, 0.6) is 0 Å². The van der Waals surface area contributed by atoms with E-state index in [9.17, 15) is 9.59 Å². The van der Waals surface area contributed by atoms with Gasteiger partial charge in [-0.3, -0.25) is 19.5 Å². The van der Waals surface area contributed by atoms with Crippen LogP contribution in [0.25, 0.3) is 0 Å². The maximum absolute atomic E-state index is 12.7. The van der Waals surface area contributed by atoms with Gasteiger partial charge in [-0.1, -0.05) is 18.9 Å². The molecule has 1 aromatic heterocycles. The number of piperidine rings is 2. The molecule has 4 rings (SSSR count). The van der Waals surface area contributed by atoms with Gasteiger partial charge >= 0.3 is 0 Å². The standard InChI is InChI=1S/C23H34N4O2/c28-22(25-16-18-5-3-11-24-15-18)20-8-4-12-27(17-20)21-9-13-26(14-10-21)23(29)19-6-1-2-7-19/h3,5,11,15,19-21H,1-2,4,6-10,12-14,16-17H2,(H,25,28)/t20-/m1/s1. The maximum Gasteiger partial charge on any atom is 0.225 e. The lowest BCUT2D eigenvalue weighted by molar-refractivity contribution is -0.137. The monoisotopic (exact) mass is 398 g/mol. The van der Waals surface area contributed by atoms with Gasteiger partial charge in [0.25, 0.3) is 0 Å². The van der Waals surface area contributed by atoms with Gasteiger partial charge < -0.3 is 10.2 Å². The molecule has 158 valence electrons. The minimum absolute atomic E-state index is 0.0681. The SMILES string of the molecule is O=C(NCc1cccnc1)[C@@H]1CCCN(C2CCN(C(=O)C3CCCC3)CC2)C1. The van der Waals surface area contributed by atoms with Gasteiger partial charge in [0.15, 0.2) is 0 Å². The van der Waals surface area contributed by atoms with Crippen molar-refractivity contribution >= 4 is 11.8 Å². The normalized spacial score (nSPS) is 24.6. The highest BCUT2D eigenvalue weighted by Crippen LogP contribution is 2.29. The molecule has 1 aromatic rings. The van der Waals surface area contributed by atoms with Crippen molar-refractivity contribution in [3.05, 3.63) is 30.1 Å². The summed E-state index contributed by atoms with van der Waals surface area (Å²) in [6.45, 7) is 4.24. The van der Waals surface area contributed by atoms with Gasteiger partial charge in [-0.05, 0) is 56.7 Å². The number of nitrogens with one attached hydrogen (secondary N) is 1. The Morgan fingerprint density at radius 1 is 1.00 bits per heavy atom. The summed E-state index contributed by atoms with van der Waals surface area (Å²) >= 11 is 0. The van der Waals surface area contributed by atoms with E-state index in [0.717, 1.165) is 70.3 Å². The maximum atomic E-state index is 12.7.